The Morgan fingerprint density at radius 2 is 1.67 bits per heavy atom. The predicted molar refractivity (Wildman–Crippen MR) is 89.7 cm³/mol. The maximum Gasteiger partial charge on any atom is 0.336 e. The molecule has 0 heterocycles. The van der Waals surface area contributed by atoms with Crippen molar-refractivity contribution in [3.63, 3.8) is 0 Å². The first-order valence-electron chi connectivity index (χ1n) is 7.04. The molecule has 0 amide bonds. The normalized spacial score (nSPS) is 11.0. The molecule has 2 rings (SSSR count). The van der Waals surface area contributed by atoms with E-state index in [0.29, 0.717) is 22.6 Å². The van der Waals surface area contributed by atoms with Gasteiger partial charge in [0.2, 0.25) is 0 Å². The number of hydrogen-bond acceptors (Lipinski definition) is 5. The third-order valence-electron chi connectivity index (χ3n) is 3.44. The van der Waals surface area contributed by atoms with Crippen molar-refractivity contribution < 1.29 is 29.2 Å². The van der Waals surface area contributed by atoms with E-state index in [1.807, 2.05) is 0 Å². The predicted octanol–water partition coefficient (Wildman–Crippen LogP) is 3.04. The molecule has 0 spiro atoms. The van der Waals surface area contributed by atoms with Gasteiger partial charge < -0.3 is 24.4 Å². The van der Waals surface area contributed by atoms with Gasteiger partial charge in [-0.2, -0.15) is 0 Å². The highest BCUT2D eigenvalue weighted by Crippen LogP contribution is 2.33. The van der Waals surface area contributed by atoms with Crippen molar-refractivity contribution in [3.05, 3.63) is 47.5 Å². The fourth-order valence-corrected chi connectivity index (χ4v) is 2.23. The summed E-state index contributed by atoms with van der Waals surface area (Å²) >= 11 is 0. The minimum atomic E-state index is -1.12. The first-order chi connectivity index (χ1) is 11.5. The van der Waals surface area contributed by atoms with Crippen LogP contribution in [0.5, 0.6) is 23.0 Å². The highest BCUT2D eigenvalue weighted by atomic mass is 16.5. The lowest BCUT2D eigenvalue weighted by Gasteiger charge is -2.11. The van der Waals surface area contributed by atoms with Crippen LogP contribution in [0.2, 0.25) is 0 Å². The molecule has 0 fully saturated rings. The van der Waals surface area contributed by atoms with Crippen LogP contribution in [-0.4, -0.2) is 37.5 Å². The summed E-state index contributed by atoms with van der Waals surface area (Å²) in [6.07, 6.45) is 1.47. The lowest BCUT2D eigenvalue weighted by Crippen LogP contribution is -2.02. The zero-order valence-electron chi connectivity index (χ0n) is 13.6. The lowest BCUT2D eigenvalue weighted by molar-refractivity contribution is -0.130. The number of methoxy groups -OCH3 is 3. The van der Waals surface area contributed by atoms with Crippen LogP contribution in [0.25, 0.3) is 11.6 Å². The van der Waals surface area contributed by atoms with E-state index in [9.17, 15) is 15.0 Å². The minimum Gasteiger partial charge on any atom is -0.504 e. The molecule has 6 nitrogen and oxygen atoms in total. The number of hydrogen-bond donors (Lipinski definition) is 2. The van der Waals surface area contributed by atoms with Crippen LogP contribution in [0.1, 0.15) is 11.1 Å². The fourth-order valence-electron chi connectivity index (χ4n) is 2.23. The van der Waals surface area contributed by atoms with Gasteiger partial charge in [0.25, 0.3) is 0 Å². The van der Waals surface area contributed by atoms with E-state index in [0.717, 1.165) is 0 Å². The summed E-state index contributed by atoms with van der Waals surface area (Å²) in [7, 11) is 4.39. The number of ether oxygens (including phenoxy) is 3. The Labute approximate surface area is 139 Å². The highest BCUT2D eigenvalue weighted by Gasteiger charge is 2.17. The molecule has 0 aliphatic heterocycles. The van der Waals surface area contributed by atoms with E-state index in [1.165, 1.54) is 33.5 Å². The van der Waals surface area contributed by atoms with Gasteiger partial charge in [0.15, 0.2) is 11.5 Å². The van der Waals surface area contributed by atoms with Crippen molar-refractivity contribution in [1.29, 1.82) is 0 Å². The maximum absolute atomic E-state index is 11.7. The Hall–Kier alpha value is -3.15. The van der Waals surface area contributed by atoms with Crippen LogP contribution in [0, 0.1) is 0 Å². The molecule has 2 aromatic rings. The monoisotopic (exact) mass is 330 g/mol. The van der Waals surface area contributed by atoms with Crippen LogP contribution in [0.4, 0.5) is 0 Å². The van der Waals surface area contributed by atoms with Crippen molar-refractivity contribution in [2.24, 2.45) is 0 Å². The lowest BCUT2D eigenvalue weighted by atomic mass is 10.0. The summed E-state index contributed by atoms with van der Waals surface area (Å²) in [5, 5.41) is 19.3. The molecule has 2 N–H and O–H groups in total. The van der Waals surface area contributed by atoms with Crippen molar-refractivity contribution in [1.82, 2.24) is 0 Å². The molecule has 0 radical (unpaired) electrons. The van der Waals surface area contributed by atoms with Crippen LogP contribution in [0.3, 0.4) is 0 Å². The number of carbonyl (C=O) groups is 1. The van der Waals surface area contributed by atoms with E-state index in [-0.39, 0.29) is 17.1 Å². The standard InChI is InChI=1S/C18H18O6/c1-22-12-5-7-16(23-2)13(10-12)14(18(20)21)8-11-4-6-15(19)17(9-11)24-3/h4-10,19H,1-3H3,(H,20,21)/b14-8-. The molecule has 0 unspecified atom stereocenters. The first kappa shape index (κ1) is 17.2. The molecular weight excluding hydrogens is 312 g/mol. The Morgan fingerprint density at radius 1 is 0.958 bits per heavy atom. The molecule has 6 heteroatoms. The number of benzene rings is 2. The number of phenolic OH excluding ortho intramolecular Hbond substituents is 1. The fraction of sp³-hybridized carbons (Fsp3) is 0.167. The topological polar surface area (TPSA) is 85.2 Å². The molecule has 0 bridgehead atoms. The number of aromatic hydroxyl groups is 1. The smallest absolute Gasteiger partial charge is 0.336 e. The van der Waals surface area contributed by atoms with Gasteiger partial charge in [0.1, 0.15) is 11.5 Å². The Balaban J connectivity index is 2.60. The molecule has 0 aliphatic rings. The number of rotatable bonds is 6. The molecule has 2 aromatic carbocycles. The van der Waals surface area contributed by atoms with E-state index < -0.39 is 5.97 Å². The van der Waals surface area contributed by atoms with E-state index in [1.54, 1.807) is 30.3 Å². The van der Waals surface area contributed by atoms with Gasteiger partial charge in [-0.05, 0) is 42.0 Å². The maximum atomic E-state index is 11.7. The van der Waals surface area contributed by atoms with Gasteiger partial charge in [0.05, 0.1) is 26.9 Å². The summed E-state index contributed by atoms with van der Waals surface area (Å²) in [5.41, 5.74) is 0.974. The SMILES string of the molecule is COc1ccc(OC)c(/C(=C/c2ccc(O)c(OC)c2)C(=O)O)c1. The second-order valence-corrected chi connectivity index (χ2v) is 4.86. The number of phenols is 1. The number of carboxylic acid groups (broad SMARTS) is 1. The zero-order chi connectivity index (χ0) is 17.7. The molecular formula is C18H18O6. The Morgan fingerprint density at radius 3 is 2.25 bits per heavy atom. The average Bonchev–Trinajstić information content (AvgIpc) is 2.60. The third kappa shape index (κ3) is 3.60. The van der Waals surface area contributed by atoms with Crippen molar-refractivity contribution in [3.8, 4) is 23.0 Å². The second kappa shape index (κ2) is 7.41. The van der Waals surface area contributed by atoms with Gasteiger partial charge in [-0.25, -0.2) is 4.79 Å². The highest BCUT2D eigenvalue weighted by molar-refractivity contribution is 6.21. The van der Waals surface area contributed by atoms with Crippen molar-refractivity contribution in [2.45, 2.75) is 0 Å². The Kier molecular flexibility index (Phi) is 5.31. The van der Waals surface area contributed by atoms with Gasteiger partial charge in [-0.1, -0.05) is 6.07 Å². The summed E-state index contributed by atoms with van der Waals surface area (Å²) < 4.78 is 15.5. The molecule has 0 atom stereocenters. The summed E-state index contributed by atoms with van der Waals surface area (Å²) in [5.74, 6) is 0.0432. The van der Waals surface area contributed by atoms with Crippen molar-refractivity contribution in [2.75, 3.05) is 21.3 Å². The molecule has 0 aliphatic carbocycles. The summed E-state index contributed by atoms with van der Waals surface area (Å²) in [4.78, 5) is 11.7. The van der Waals surface area contributed by atoms with Gasteiger partial charge in [-0.3, -0.25) is 0 Å². The van der Waals surface area contributed by atoms with E-state index >= 15 is 0 Å². The van der Waals surface area contributed by atoms with Crippen LogP contribution in [-0.2, 0) is 4.79 Å². The number of carboxylic acids is 1. The van der Waals surface area contributed by atoms with Gasteiger partial charge in [0, 0.05) is 5.56 Å². The Bertz CT molecular complexity index is 779. The number of aliphatic carboxylic acids is 1. The second-order valence-electron chi connectivity index (χ2n) is 4.86. The summed E-state index contributed by atoms with van der Waals surface area (Å²) in [6, 6.07) is 9.50. The molecule has 0 saturated carbocycles. The third-order valence-corrected chi connectivity index (χ3v) is 3.44. The van der Waals surface area contributed by atoms with E-state index in [4.69, 9.17) is 14.2 Å². The van der Waals surface area contributed by atoms with Gasteiger partial charge in [-0.15, -0.1) is 0 Å². The molecule has 0 aromatic heterocycles. The van der Waals surface area contributed by atoms with Crippen LogP contribution in [0.15, 0.2) is 36.4 Å². The minimum absolute atomic E-state index is 0.0227. The van der Waals surface area contributed by atoms with Crippen LogP contribution >= 0.6 is 0 Å². The van der Waals surface area contributed by atoms with E-state index in [2.05, 4.69) is 0 Å². The summed E-state index contributed by atoms with van der Waals surface area (Å²) in [6.45, 7) is 0. The van der Waals surface area contributed by atoms with Gasteiger partial charge >= 0.3 is 5.97 Å². The van der Waals surface area contributed by atoms with Crippen molar-refractivity contribution >= 4 is 17.6 Å². The van der Waals surface area contributed by atoms with Crippen LogP contribution < -0.4 is 14.2 Å². The average molecular weight is 330 g/mol. The zero-order valence-corrected chi connectivity index (χ0v) is 13.6. The largest absolute Gasteiger partial charge is 0.504 e. The molecule has 126 valence electrons. The quantitative estimate of drug-likeness (QED) is 0.625. The molecule has 24 heavy (non-hydrogen) atoms. The molecule has 0 saturated heterocycles. The first-order valence-corrected chi connectivity index (χ1v) is 7.04.